The van der Waals surface area contributed by atoms with E-state index in [4.69, 9.17) is 10.5 Å². The third-order valence-corrected chi connectivity index (χ3v) is 6.25. The fourth-order valence-corrected chi connectivity index (χ4v) is 4.23. The van der Waals surface area contributed by atoms with Gasteiger partial charge in [-0.3, -0.25) is 9.78 Å². The van der Waals surface area contributed by atoms with Crippen molar-refractivity contribution in [2.24, 2.45) is 0 Å². The van der Waals surface area contributed by atoms with Crippen molar-refractivity contribution in [1.82, 2.24) is 24.8 Å². The lowest BCUT2D eigenvalue weighted by molar-refractivity contribution is 0.0663. The minimum Gasteiger partial charge on any atom is -0.383 e. The van der Waals surface area contributed by atoms with Crippen LogP contribution in [-0.4, -0.2) is 30.7 Å². The molecule has 1 unspecified atom stereocenters. The van der Waals surface area contributed by atoms with Crippen LogP contribution in [0, 0.1) is 0 Å². The minimum absolute atomic E-state index is 0.147. The summed E-state index contributed by atoms with van der Waals surface area (Å²) in [5, 5.41) is 0.882. The number of fused-ring (bicyclic) bond motifs is 3. The Morgan fingerprint density at radius 1 is 1.15 bits per heavy atom. The Kier molecular flexibility index (Phi) is 5.74. The quantitative estimate of drug-likeness (QED) is 0.433. The van der Waals surface area contributed by atoms with Gasteiger partial charge in [0.2, 0.25) is 0 Å². The number of hydrogen-bond acceptors (Lipinski definition) is 7. The van der Waals surface area contributed by atoms with E-state index in [1.165, 1.54) is 0 Å². The van der Waals surface area contributed by atoms with Gasteiger partial charge in [0.05, 0.1) is 37.0 Å². The van der Waals surface area contributed by atoms with Crippen LogP contribution in [-0.2, 0) is 24.5 Å². The Labute approximate surface area is 199 Å². The predicted octanol–water partition coefficient (Wildman–Crippen LogP) is 4.20. The molecule has 0 aliphatic carbocycles. The molecule has 1 aliphatic rings. The highest BCUT2D eigenvalue weighted by molar-refractivity contribution is 9.10. The number of nitrogens with zero attached hydrogens (tertiary/aromatic N) is 5. The molecule has 1 amide bonds. The van der Waals surface area contributed by atoms with Gasteiger partial charge >= 0.3 is 0 Å². The lowest BCUT2D eigenvalue weighted by Gasteiger charge is -2.28. The highest BCUT2D eigenvalue weighted by atomic mass is 79.9. The van der Waals surface area contributed by atoms with Crippen molar-refractivity contribution in [3.05, 3.63) is 87.7 Å². The second kappa shape index (κ2) is 8.84. The van der Waals surface area contributed by atoms with Crippen LogP contribution in [0.4, 0.5) is 5.82 Å². The number of anilines is 1. The fourth-order valence-electron chi connectivity index (χ4n) is 3.99. The number of benzene rings is 1. The molecule has 1 aromatic carbocycles. The van der Waals surface area contributed by atoms with Crippen LogP contribution in [0.15, 0.2) is 59.5 Å². The van der Waals surface area contributed by atoms with E-state index in [2.05, 4.69) is 35.9 Å². The van der Waals surface area contributed by atoms with Crippen molar-refractivity contribution in [1.29, 1.82) is 0 Å². The molecule has 3 aromatic heterocycles. The summed E-state index contributed by atoms with van der Waals surface area (Å²) >= 11 is 3.41. The summed E-state index contributed by atoms with van der Waals surface area (Å²) in [4.78, 5) is 33.2. The number of amides is 1. The number of carbonyl (C=O) groups excluding carboxylic acids is 1. The molecule has 1 aliphatic heterocycles. The standard InChI is InChI=1S/C24H21BrN6O2/c1-14(23-27-7-2-8-28-23)31(11-17-5-4-16(25)10-29-17)24(32)15-3-6-21-18(9-15)19-12-33-13-20(19)22(26)30-21/h2-10,14H,11-13H2,1H3,(H2,26,30). The van der Waals surface area contributed by atoms with Crippen molar-refractivity contribution >= 4 is 38.6 Å². The zero-order valence-corrected chi connectivity index (χ0v) is 19.5. The first-order valence-corrected chi connectivity index (χ1v) is 11.3. The molecule has 0 saturated heterocycles. The summed E-state index contributed by atoms with van der Waals surface area (Å²) in [6, 6.07) is 10.7. The summed E-state index contributed by atoms with van der Waals surface area (Å²) in [5.74, 6) is 0.894. The third-order valence-electron chi connectivity index (χ3n) is 5.78. The van der Waals surface area contributed by atoms with Gasteiger partial charge < -0.3 is 15.4 Å². The van der Waals surface area contributed by atoms with Gasteiger partial charge in [-0.25, -0.2) is 15.0 Å². The number of pyridine rings is 2. The molecule has 0 fully saturated rings. The number of aromatic nitrogens is 4. The SMILES string of the molecule is CC(c1ncccn1)N(Cc1ccc(Br)cn1)C(=O)c1ccc2nc(N)c3c(c2c1)COC3. The molecule has 33 heavy (non-hydrogen) atoms. The topological polar surface area (TPSA) is 107 Å². The van der Waals surface area contributed by atoms with E-state index < -0.39 is 0 Å². The lowest BCUT2D eigenvalue weighted by Crippen LogP contribution is -2.34. The first kappa shape index (κ1) is 21.4. The van der Waals surface area contributed by atoms with Crippen LogP contribution in [0.5, 0.6) is 0 Å². The van der Waals surface area contributed by atoms with Crippen molar-refractivity contribution in [2.75, 3.05) is 5.73 Å². The second-order valence-electron chi connectivity index (χ2n) is 7.86. The van der Waals surface area contributed by atoms with Gasteiger partial charge in [0.25, 0.3) is 5.91 Å². The highest BCUT2D eigenvalue weighted by Gasteiger charge is 2.27. The second-order valence-corrected chi connectivity index (χ2v) is 8.78. The summed E-state index contributed by atoms with van der Waals surface area (Å²) in [6.07, 6.45) is 5.07. The van der Waals surface area contributed by atoms with E-state index in [0.29, 0.717) is 37.0 Å². The average Bonchev–Trinajstić information content (AvgIpc) is 3.34. The summed E-state index contributed by atoms with van der Waals surface area (Å²) < 4.78 is 6.47. The maximum Gasteiger partial charge on any atom is 0.254 e. The molecule has 4 heterocycles. The molecular formula is C24H21BrN6O2. The number of rotatable bonds is 5. The normalized spacial score (nSPS) is 13.6. The van der Waals surface area contributed by atoms with Crippen molar-refractivity contribution in [2.45, 2.75) is 32.7 Å². The molecule has 4 aromatic rings. The number of ether oxygens (including phenoxy) is 1. The molecule has 2 N–H and O–H groups in total. The van der Waals surface area contributed by atoms with Crippen LogP contribution < -0.4 is 5.73 Å². The number of nitrogen functional groups attached to an aromatic ring is 1. The molecule has 0 bridgehead atoms. The van der Waals surface area contributed by atoms with Crippen LogP contribution in [0.25, 0.3) is 10.9 Å². The molecule has 8 nitrogen and oxygen atoms in total. The first-order valence-electron chi connectivity index (χ1n) is 10.5. The van der Waals surface area contributed by atoms with Crippen molar-refractivity contribution in [3.63, 3.8) is 0 Å². The Morgan fingerprint density at radius 3 is 2.70 bits per heavy atom. The van der Waals surface area contributed by atoms with E-state index >= 15 is 0 Å². The molecule has 0 saturated carbocycles. The highest BCUT2D eigenvalue weighted by Crippen LogP contribution is 2.32. The van der Waals surface area contributed by atoms with Crippen LogP contribution in [0.1, 0.15) is 46.0 Å². The summed E-state index contributed by atoms with van der Waals surface area (Å²) in [5.41, 5.74) is 10.0. The Bertz CT molecular complexity index is 1330. The molecule has 5 rings (SSSR count). The average molecular weight is 505 g/mol. The van der Waals surface area contributed by atoms with Gasteiger partial charge in [-0.2, -0.15) is 0 Å². The van der Waals surface area contributed by atoms with Gasteiger partial charge in [-0.15, -0.1) is 0 Å². The maximum atomic E-state index is 13.8. The van der Waals surface area contributed by atoms with Gasteiger partial charge in [0.15, 0.2) is 0 Å². The lowest BCUT2D eigenvalue weighted by atomic mass is 10.0. The van der Waals surface area contributed by atoms with Gasteiger partial charge in [-0.1, -0.05) is 0 Å². The largest absolute Gasteiger partial charge is 0.383 e. The molecular weight excluding hydrogens is 484 g/mol. The van der Waals surface area contributed by atoms with Crippen LogP contribution in [0.3, 0.4) is 0 Å². The molecule has 0 radical (unpaired) electrons. The molecule has 166 valence electrons. The molecule has 9 heteroatoms. The third kappa shape index (κ3) is 4.17. The number of nitrogens with two attached hydrogens (primary N) is 1. The van der Waals surface area contributed by atoms with Gasteiger partial charge in [0.1, 0.15) is 11.6 Å². The van der Waals surface area contributed by atoms with Gasteiger partial charge in [0, 0.05) is 39.6 Å². The van der Waals surface area contributed by atoms with Crippen molar-refractivity contribution < 1.29 is 9.53 Å². The summed E-state index contributed by atoms with van der Waals surface area (Å²) in [7, 11) is 0. The number of carbonyl (C=O) groups is 1. The molecule has 0 spiro atoms. The maximum absolute atomic E-state index is 13.8. The van der Waals surface area contributed by atoms with Crippen LogP contribution in [0.2, 0.25) is 0 Å². The monoisotopic (exact) mass is 504 g/mol. The smallest absolute Gasteiger partial charge is 0.254 e. The van der Waals surface area contributed by atoms with E-state index in [-0.39, 0.29) is 11.9 Å². The van der Waals surface area contributed by atoms with Crippen molar-refractivity contribution in [3.8, 4) is 0 Å². The zero-order chi connectivity index (χ0) is 22.9. The van der Waals surface area contributed by atoms with Gasteiger partial charge in [-0.05, 0) is 64.8 Å². The van der Waals surface area contributed by atoms with Crippen LogP contribution >= 0.6 is 15.9 Å². The number of halogens is 1. The number of hydrogen-bond donors (Lipinski definition) is 1. The Morgan fingerprint density at radius 2 is 1.94 bits per heavy atom. The Hall–Kier alpha value is -3.43. The summed E-state index contributed by atoms with van der Waals surface area (Å²) in [6.45, 7) is 3.12. The zero-order valence-electron chi connectivity index (χ0n) is 17.9. The van der Waals surface area contributed by atoms with E-state index in [9.17, 15) is 4.79 Å². The Balaban J connectivity index is 1.55. The predicted molar refractivity (Wildman–Crippen MR) is 127 cm³/mol. The van der Waals surface area contributed by atoms with E-state index in [0.717, 1.165) is 32.2 Å². The minimum atomic E-state index is -0.363. The van der Waals surface area contributed by atoms with E-state index in [1.54, 1.807) is 35.6 Å². The first-order chi connectivity index (χ1) is 16.0. The fraction of sp³-hybridized carbons (Fsp3) is 0.208. The van der Waals surface area contributed by atoms with E-state index in [1.807, 2.05) is 31.2 Å². The molecule has 1 atom stereocenters.